The van der Waals surface area contributed by atoms with Crippen molar-refractivity contribution >= 4 is 11.6 Å². The van der Waals surface area contributed by atoms with Crippen LogP contribution in [0.1, 0.15) is 28.9 Å². The predicted molar refractivity (Wildman–Crippen MR) is 77.8 cm³/mol. The fourth-order valence-corrected chi connectivity index (χ4v) is 1.93. The Bertz CT molecular complexity index is 612. The van der Waals surface area contributed by atoms with Gasteiger partial charge in [-0.05, 0) is 24.6 Å². The van der Waals surface area contributed by atoms with Crippen molar-refractivity contribution in [1.82, 2.24) is 4.98 Å². The number of carbonyl (C=O) groups excluding carboxylic acids is 1. The molecule has 0 saturated carbocycles. The summed E-state index contributed by atoms with van der Waals surface area (Å²) in [5, 5.41) is 2.86. The maximum absolute atomic E-state index is 12.3. The van der Waals surface area contributed by atoms with Crippen LogP contribution in [0.25, 0.3) is 0 Å². The Balaban J connectivity index is 2.28. The lowest BCUT2D eigenvalue weighted by Crippen LogP contribution is -2.16. The normalized spacial score (nSPS) is 11.8. The van der Waals surface area contributed by atoms with Crippen LogP contribution in [0.5, 0.6) is 5.75 Å². The molecule has 1 aromatic carbocycles. The summed E-state index contributed by atoms with van der Waals surface area (Å²) in [6, 6.07) is 8.91. The Kier molecular flexibility index (Phi) is 4.32. The van der Waals surface area contributed by atoms with E-state index in [9.17, 15) is 4.79 Å². The number of nitrogens with one attached hydrogen (secondary N) is 1. The van der Waals surface area contributed by atoms with E-state index in [1.165, 1.54) is 13.3 Å². The van der Waals surface area contributed by atoms with Crippen LogP contribution in [0.4, 0.5) is 5.69 Å². The summed E-state index contributed by atoms with van der Waals surface area (Å²) >= 11 is 0. The number of nitrogens with two attached hydrogens (primary N) is 1. The molecule has 20 heavy (non-hydrogen) atoms. The van der Waals surface area contributed by atoms with Crippen molar-refractivity contribution in [3.63, 3.8) is 0 Å². The molecule has 0 aliphatic rings. The van der Waals surface area contributed by atoms with Gasteiger partial charge in [-0.25, -0.2) is 0 Å². The quantitative estimate of drug-likeness (QED) is 0.895. The van der Waals surface area contributed by atoms with Crippen LogP contribution in [0.15, 0.2) is 42.7 Å². The summed E-state index contributed by atoms with van der Waals surface area (Å²) in [7, 11) is 1.50. The molecule has 1 amide bonds. The van der Waals surface area contributed by atoms with Crippen LogP contribution < -0.4 is 15.8 Å². The topological polar surface area (TPSA) is 77.2 Å². The van der Waals surface area contributed by atoms with Crippen LogP contribution in [0.3, 0.4) is 0 Å². The fourth-order valence-electron chi connectivity index (χ4n) is 1.93. The number of benzene rings is 1. The first-order valence-electron chi connectivity index (χ1n) is 6.27. The van der Waals surface area contributed by atoms with Crippen molar-refractivity contribution in [2.75, 3.05) is 12.4 Å². The highest BCUT2D eigenvalue weighted by Crippen LogP contribution is 2.23. The van der Waals surface area contributed by atoms with Crippen molar-refractivity contribution in [2.45, 2.75) is 13.0 Å². The highest BCUT2D eigenvalue weighted by molar-refractivity contribution is 6.06. The number of ether oxygens (including phenoxy) is 1. The van der Waals surface area contributed by atoms with E-state index in [0.717, 1.165) is 5.56 Å². The lowest BCUT2D eigenvalue weighted by atomic mass is 10.1. The van der Waals surface area contributed by atoms with E-state index in [4.69, 9.17) is 10.5 Å². The molecule has 0 radical (unpaired) electrons. The van der Waals surface area contributed by atoms with Crippen molar-refractivity contribution in [2.24, 2.45) is 5.73 Å². The molecule has 0 bridgehead atoms. The van der Waals surface area contributed by atoms with E-state index >= 15 is 0 Å². The fraction of sp³-hybridized carbons (Fsp3) is 0.200. The average molecular weight is 271 g/mol. The Morgan fingerprint density at radius 1 is 1.35 bits per heavy atom. The highest BCUT2D eigenvalue weighted by Gasteiger charge is 2.14. The van der Waals surface area contributed by atoms with E-state index in [-0.39, 0.29) is 11.9 Å². The molecule has 1 unspecified atom stereocenters. The zero-order chi connectivity index (χ0) is 14.5. The summed E-state index contributed by atoms with van der Waals surface area (Å²) in [5.74, 6) is 0.181. The second-order valence-corrected chi connectivity index (χ2v) is 4.41. The third-order valence-electron chi connectivity index (χ3n) is 2.95. The maximum Gasteiger partial charge on any atom is 0.259 e. The number of nitrogens with zero attached hydrogens (tertiary/aromatic N) is 1. The van der Waals surface area contributed by atoms with E-state index in [0.29, 0.717) is 17.0 Å². The number of para-hydroxylation sites is 1. The lowest BCUT2D eigenvalue weighted by Gasteiger charge is -2.14. The van der Waals surface area contributed by atoms with E-state index in [2.05, 4.69) is 10.3 Å². The first-order chi connectivity index (χ1) is 9.63. The van der Waals surface area contributed by atoms with Gasteiger partial charge >= 0.3 is 0 Å². The van der Waals surface area contributed by atoms with Gasteiger partial charge in [0.15, 0.2) is 0 Å². The summed E-state index contributed by atoms with van der Waals surface area (Å²) in [4.78, 5) is 16.2. The SMILES string of the molecule is COc1cnccc1C(=O)Nc1ccccc1C(C)N. The first-order valence-corrected chi connectivity index (χ1v) is 6.27. The molecule has 1 atom stereocenters. The van der Waals surface area contributed by atoms with Gasteiger partial charge < -0.3 is 15.8 Å². The number of hydrogen-bond acceptors (Lipinski definition) is 4. The summed E-state index contributed by atoms with van der Waals surface area (Å²) in [6.45, 7) is 1.87. The molecule has 3 N–H and O–H groups in total. The molecule has 0 aliphatic heterocycles. The maximum atomic E-state index is 12.3. The van der Waals surface area contributed by atoms with Gasteiger partial charge in [-0.2, -0.15) is 0 Å². The standard InChI is InChI=1S/C15H17N3O2/c1-10(16)11-5-3-4-6-13(11)18-15(19)12-7-8-17-9-14(12)20-2/h3-10H,16H2,1-2H3,(H,18,19). The third kappa shape index (κ3) is 2.95. The number of aromatic nitrogens is 1. The molecule has 2 aromatic rings. The van der Waals surface area contributed by atoms with Gasteiger partial charge in [-0.15, -0.1) is 0 Å². The van der Waals surface area contributed by atoms with Gasteiger partial charge in [0.25, 0.3) is 5.91 Å². The third-order valence-corrected chi connectivity index (χ3v) is 2.95. The molecule has 0 saturated heterocycles. The molecular weight excluding hydrogens is 254 g/mol. The van der Waals surface area contributed by atoms with Crippen LogP contribution in [-0.4, -0.2) is 18.0 Å². The molecule has 5 nitrogen and oxygen atoms in total. The van der Waals surface area contributed by atoms with Gasteiger partial charge in [0.2, 0.25) is 0 Å². The predicted octanol–water partition coefficient (Wildman–Crippen LogP) is 2.36. The van der Waals surface area contributed by atoms with Crippen LogP contribution in [0, 0.1) is 0 Å². The van der Waals surface area contributed by atoms with Gasteiger partial charge in [0.1, 0.15) is 5.75 Å². The summed E-state index contributed by atoms with van der Waals surface area (Å²) in [6.07, 6.45) is 3.06. The number of rotatable bonds is 4. The minimum atomic E-state index is -0.252. The molecule has 1 aromatic heterocycles. The zero-order valence-electron chi connectivity index (χ0n) is 11.5. The molecule has 1 heterocycles. The summed E-state index contributed by atoms with van der Waals surface area (Å²) < 4.78 is 5.13. The molecule has 0 fully saturated rings. The Labute approximate surface area is 117 Å². The smallest absolute Gasteiger partial charge is 0.259 e. The van der Waals surface area contributed by atoms with E-state index < -0.39 is 0 Å². The van der Waals surface area contributed by atoms with Crippen LogP contribution >= 0.6 is 0 Å². The highest BCUT2D eigenvalue weighted by atomic mass is 16.5. The van der Waals surface area contributed by atoms with Crippen LogP contribution in [-0.2, 0) is 0 Å². The second-order valence-electron chi connectivity index (χ2n) is 4.41. The Hall–Kier alpha value is -2.40. The second kappa shape index (κ2) is 6.16. The van der Waals surface area contributed by atoms with Gasteiger partial charge in [0.05, 0.1) is 18.9 Å². The molecule has 104 valence electrons. The molecular formula is C15H17N3O2. The largest absolute Gasteiger partial charge is 0.494 e. The number of methoxy groups -OCH3 is 1. The summed E-state index contributed by atoms with van der Waals surface area (Å²) in [5.41, 5.74) is 7.91. The Morgan fingerprint density at radius 3 is 2.80 bits per heavy atom. The van der Waals surface area contributed by atoms with E-state index in [1.54, 1.807) is 12.3 Å². The molecule has 0 spiro atoms. The van der Waals surface area contributed by atoms with Gasteiger partial charge in [-0.3, -0.25) is 9.78 Å². The van der Waals surface area contributed by atoms with Crippen LogP contribution in [0.2, 0.25) is 0 Å². The number of amides is 1. The molecule has 5 heteroatoms. The minimum absolute atomic E-state index is 0.161. The average Bonchev–Trinajstić information content (AvgIpc) is 2.47. The number of anilines is 1. The van der Waals surface area contributed by atoms with Gasteiger partial charge in [0, 0.05) is 17.9 Å². The van der Waals surface area contributed by atoms with Crippen molar-refractivity contribution < 1.29 is 9.53 Å². The first kappa shape index (κ1) is 14.0. The monoisotopic (exact) mass is 271 g/mol. The lowest BCUT2D eigenvalue weighted by molar-refractivity contribution is 0.102. The molecule has 2 rings (SSSR count). The number of hydrogen-bond donors (Lipinski definition) is 2. The minimum Gasteiger partial charge on any atom is -0.494 e. The zero-order valence-corrected chi connectivity index (χ0v) is 11.5. The van der Waals surface area contributed by atoms with Gasteiger partial charge in [-0.1, -0.05) is 18.2 Å². The van der Waals surface area contributed by atoms with E-state index in [1.807, 2.05) is 31.2 Å². The van der Waals surface area contributed by atoms with Crippen molar-refractivity contribution in [3.05, 3.63) is 53.9 Å². The van der Waals surface area contributed by atoms with Crippen molar-refractivity contribution in [1.29, 1.82) is 0 Å². The number of carbonyl (C=O) groups is 1. The number of pyridine rings is 1. The van der Waals surface area contributed by atoms with Crippen molar-refractivity contribution in [3.8, 4) is 5.75 Å². The Morgan fingerprint density at radius 2 is 2.10 bits per heavy atom. The molecule has 0 aliphatic carbocycles.